The number of hydrogen-bond acceptors (Lipinski definition) is 12. The van der Waals surface area contributed by atoms with E-state index in [0.29, 0.717) is 0 Å². The first-order valence-corrected chi connectivity index (χ1v) is 34.0. The maximum absolute atomic E-state index is 10.0. The summed E-state index contributed by atoms with van der Waals surface area (Å²) in [5, 5.41) is 28.3. The number of aromatic nitrogens is 3. The SMILES string of the molecule is CC(=O)C=C(C)O.CC(=O)C=C(C)O.CC(=O)C=C(C)O.Cc1[c-]c(-c2cc3cc(-c4c(C)cccc4C)oc3cn2)cc(C(C)(C)C)c1.Cc1[c-]c(-c2cc3cc(-c4ccc(C)cc4)oc3cn2)cc(C(C)(C)C)c1.Cc1[c-]c(-c2cc3cc(-c4ccccc4)oc3cn2)cc(C(C)(C)C)c1.[Ir].[Ir].[Ir]. The molecule has 0 spiro atoms. The molecule has 0 aliphatic carbocycles. The van der Waals surface area contributed by atoms with Crippen LogP contribution in [-0.2, 0) is 90.9 Å². The molecule has 105 heavy (non-hydrogen) atoms. The van der Waals surface area contributed by atoms with Gasteiger partial charge in [-0.3, -0.25) is 14.4 Å². The van der Waals surface area contributed by atoms with Gasteiger partial charge >= 0.3 is 0 Å². The zero-order valence-corrected chi connectivity index (χ0v) is 71.1. The largest absolute Gasteiger partial charge is 0.512 e. The van der Waals surface area contributed by atoms with Gasteiger partial charge in [-0.05, 0) is 125 Å². The summed E-state index contributed by atoms with van der Waals surface area (Å²) in [4.78, 5) is 44.0. The van der Waals surface area contributed by atoms with Crippen LogP contribution in [0.3, 0.4) is 0 Å². The van der Waals surface area contributed by atoms with Gasteiger partial charge in [0.1, 0.15) is 17.3 Å². The first kappa shape index (κ1) is 88.4. The summed E-state index contributed by atoms with van der Waals surface area (Å²) in [7, 11) is 0. The topological polar surface area (TPSA) is 190 Å². The van der Waals surface area contributed by atoms with Crippen LogP contribution in [0, 0.1) is 59.7 Å². The van der Waals surface area contributed by atoms with Gasteiger partial charge in [0.05, 0.1) is 35.9 Å². The summed E-state index contributed by atoms with van der Waals surface area (Å²) < 4.78 is 18.1. The average molecular weight is 1940 g/mol. The fourth-order valence-electron chi connectivity index (χ4n) is 11.0. The van der Waals surface area contributed by atoms with E-state index in [2.05, 4.69) is 264 Å². The van der Waals surface area contributed by atoms with E-state index in [-0.39, 0.29) is 111 Å². The zero-order valence-electron chi connectivity index (χ0n) is 64.0. The van der Waals surface area contributed by atoms with E-state index in [4.69, 9.17) is 28.6 Å². The van der Waals surface area contributed by atoms with Crippen molar-refractivity contribution in [3.05, 3.63) is 268 Å². The number of allylic oxidation sites excluding steroid dienone is 6. The first-order valence-electron chi connectivity index (χ1n) is 34.0. The van der Waals surface area contributed by atoms with Crippen LogP contribution in [0.25, 0.3) is 101 Å². The Morgan fingerprint density at radius 1 is 0.371 bits per heavy atom. The number of rotatable bonds is 9. The molecular weight excluding hydrogens is 1840 g/mol. The second-order valence-corrected chi connectivity index (χ2v) is 29.0. The summed E-state index contributed by atoms with van der Waals surface area (Å²) in [5.74, 6) is 2.44. The fourth-order valence-corrected chi connectivity index (χ4v) is 11.0. The van der Waals surface area contributed by atoms with Crippen LogP contribution in [0.15, 0.2) is 213 Å². The monoisotopic (exact) mass is 1940 g/mol. The number of furan rings is 3. The van der Waals surface area contributed by atoms with E-state index >= 15 is 0 Å². The Hall–Kier alpha value is -9.03. The van der Waals surface area contributed by atoms with Crippen LogP contribution >= 0.6 is 0 Å². The van der Waals surface area contributed by atoms with Crippen molar-refractivity contribution < 1.29 is 103 Å². The number of carbonyl (C=O) groups excluding carboxylic acids is 3. The van der Waals surface area contributed by atoms with E-state index in [0.717, 1.165) is 117 Å². The molecule has 3 N–H and O–H groups in total. The van der Waals surface area contributed by atoms with Gasteiger partial charge in [-0.25, -0.2) is 0 Å². The standard InChI is InChI=1S/C26H26NO.C25H24NO.C24H22NO.3C5H8O2.3Ir/c1-16-10-19(12-21(11-16)26(4,5)6)22-13-20-14-23(28-24(20)15-27-22)25-17(2)8-7-9-18(25)3;1-16-6-8-18(9-7-16)23-14-20-13-22(26-15-24(20)27-23)19-10-17(2)11-21(12-19)25(3,4)5;1-16-10-18(12-20(11-16)24(2,3)4)21-13-19-14-22(26-23(19)15-25-21)17-8-6-5-7-9-17;3*1-4(6)3-5(2)7;;;/h7-9,11-15H,1-6H3;6-9,11-15H,1-5H3;5-9,11-15H,1-4H3;3*3,6H,1-2H3;;;/q3*-1;;;;;;. The van der Waals surface area contributed by atoms with Crippen molar-refractivity contribution in [1.82, 2.24) is 15.0 Å². The quantitative estimate of drug-likeness (QED) is 0.0705. The smallest absolute Gasteiger partial charge is 0.155 e. The minimum atomic E-state index is -0.125. The van der Waals surface area contributed by atoms with Gasteiger partial charge in [0.15, 0.2) is 34.1 Å². The van der Waals surface area contributed by atoms with Crippen molar-refractivity contribution in [1.29, 1.82) is 0 Å². The maximum atomic E-state index is 10.0. The number of pyridine rings is 3. The average Bonchev–Trinajstić information content (AvgIpc) is 1.71. The minimum absolute atomic E-state index is 0. The molecule has 12 nitrogen and oxygen atoms in total. The molecule has 6 heterocycles. The van der Waals surface area contributed by atoms with Crippen LogP contribution in [0.1, 0.15) is 154 Å². The Morgan fingerprint density at radius 3 is 0.952 bits per heavy atom. The second-order valence-electron chi connectivity index (χ2n) is 29.0. The Morgan fingerprint density at radius 2 is 0.667 bits per heavy atom. The molecule has 6 aromatic carbocycles. The Bertz CT molecular complexity index is 4950. The Labute approximate surface area is 660 Å². The number of aliphatic hydroxyl groups is 3. The molecule has 0 fully saturated rings. The molecule has 12 rings (SSSR count). The van der Waals surface area contributed by atoms with Gasteiger partial charge in [-0.1, -0.05) is 180 Å². The first-order chi connectivity index (χ1) is 47.8. The number of benzene rings is 6. The molecule has 3 radical (unpaired) electrons. The minimum Gasteiger partial charge on any atom is -0.512 e. The van der Waals surface area contributed by atoms with Crippen LogP contribution in [0.5, 0.6) is 0 Å². The van der Waals surface area contributed by atoms with Crippen LogP contribution in [0.4, 0.5) is 0 Å². The number of aryl methyl sites for hydroxylation is 6. The number of aliphatic hydroxyl groups excluding tert-OH is 3. The predicted octanol–water partition coefficient (Wildman–Crippen LogP) is 23.7. The number of nitrogens with zero attached hydrogens (tertiary/aromatic N) is 3. The number of carbonyl (C=O) groups is 3. The molecule has 0 atom stereocenters. The molecule has 15 heteroatoms. The zero-order chi connectivity index (χ0) is 75.1. The van der Waals surface area contributed by atoms with E-state index < -0.39 is 0 Å². The molecule has 0 saturated heterocycles. The van der Waals surface area contributed by atoms with E-state index in [9.17, 15) is 14.4 Å². The number of ketones is 3. The van der Waals surface area contributed by atoms with Gasteiger partial charge in [-0.2, -0.15) is 0 Å². The molecule has 0 unspecified atom stereocenters. The second kappa shape index (κ2) is 38.8. The van der Waals surface area contributed by atoms with E-state index in [1.54, 1.807) is 0 Å². The number of fused-ring (bicyclic) bond motifs is 3. The summed E-state index contributed by atoms with van der Waals surface area (Å²) in [6.07, 6.45) is 8.95. The van der Waals surface area contributed by atoms with Gasteiger partial charge in [0.25, 0.3) is 0 Å². The molecule has 0 amide bonds. The predicted molar refractivity (Wildman–Crippen MR) is 417 cm³/mol. The molecule has 0 saturated carbocycles. The van der Waals surface area contributed by atoms with Gasteiger partial charge < -0.3 is 43.5 Å². The molecule has 0 aliphatic rings. The van der Waals surface area contributed by atoms with Crippen molar-refractivity contribution in [3.63, 3.8) is 0 Å². The van der Waals surface area contributed by atoms with Gasteiger partial charge in [-0.15, -0.1) is 105 Å². The Balaban J connectivity index is 0.000000289. The van der Waals surface area contributed by atoms with Crippen LogP contribution in [0.2, 0.25) is 0 Å². The third-order valence-corrected chi connectivity index (χ3v) is 16.0. The summed E-state index contributed by atoms with van der Waals surface area (Å²) in [5.41, 5.74) is 22.8. The van der Waals surface area contributed by atoms with Crippen LogP contribution in [-0.4, -0.2) is 47.6 Å². The fraction of sp³-hybridized carbons (Fsp3) is 0.267. The molecule has 0 aliphatic heterocycles. The summed E-state index contributed by atoms with van der Waals surface area (Å²) in [6, 6.07) is 61.0. The van der Waals surface area contributed by atoms with Crippen molar-refractivity contribution >= 4 is 50.3 Å². The summed E-state index contributed by atoms with van der Waals surface area (Å²) >= 11 is 0. The molecular formula is C90H96Ir3N3O9-3. The van der Waals surface area contributed by atoms with Crippen molar-refractivity contribution in [2.75, 3.05) is 0 Å². The van der Waals surface area contributed by atoms with E-state index in [1.165, 1.54) is 93.2 Å². The molecule has 0 bridgehead atoms. The van der Waals surface area contributed by atoms with Gasteiger partial charge in [0, 0.05) is 111 Å². The molecule has 555 valence electrons. The van der Waals surface area contributed by atoms with E-state index in [1.807, 2.05) is 36.8 Å². The third kappa shape index (κ3) is 26.5. The Kier molecular flexibility index (Phi) is 32.7. The maximum Gasteiger partial charge on any atom is 0.155 e. The van der Waals surface area contributed by atoms with Crippen molar-refractivity contribution in [2.45, 2.75) is 162 Å². The van der Waals surface area contributed by atoms with Crippen molar-refractivity contribution in [2.24, 2.45) is 0 Å². The molecule has 12 aromatic rings. The van der Waals surface area contributed by atoms with Crippen molar-refractivity contribution in [3.8, 4) is 67.7 Å². The van der Waals surface area contributed by atoms with Crippen LogP contribution < -0.4 is 0 Å². The number of hydrogen-bond donors (Lipinski definition) is 3. The molecule has 6 aromatic heterocycles. The summed E-state index contributed by atoms with van der Waals surface area (Å²) in [6.45, 7) is 41.2. The third-order valence-electron chi connectivity index (χ3n) is 16.0. The van der Waals surface area contributed by atoms with Gasteiger partial charge in [0.2, 0.25) is 0 Å². The normalized spacial score (nSPS) is 11.5.